The van der Waals surface area contributed by atoms with E-state index >= 15 is 0 Å². The molecule has 0 unspecified atom stereocenters. The molecule has 4 nitrogen and oxygen atoms in total. The molecule has 1 aliphatic rings. The minimum absolute atomic E-state index is 0.0957. The summed E-state index contributed by atoms with van der Waals surface area (Å²) in [5.41, 5.74) is -0.341. The normalized spacial score (nSPS) is 17.7. The van der Waals surface area contributed by atoms with Gasteiger partial charge in [-0.3, -0.25) is 10.1 Å². The van der Waals surface area contributed by atoms with Crippen molar-refractivity contribution in [2.45, 2.75) is 38.5 Å². The second-order valence-corrected chi connectivity index (χ2v) is 5.16. The predicted molar refractivity (Wildman–Crippen MR) is 67.9 cm³/mol. The van der Waals surface area contributed by atoms with Crippen molar-refractivity contribution in [1.29, 1.82) is 5.26 Å². The van der Waals surface area contributed by atoms with Crippen molar-refractivity contribution in [2.24, 2.45) is 5.41 Å². The van der Waals surface area contributed by atoms with Crippen LogP contribution in [0, 0.1) is 32.7 Å². The van der Waals surface area contributed by atoms with Gasteiger partial charge in [-0.25, -0.2) is 4.39 Å². The Labute approximate surface area is 111 Å². The van der Waals surface area contributed by atoms with Gasteiger partial charge in [0.05, 0.1) is 16.4 Å². The van der Waals surface area contributed by atoms with Crippen molar-refractivity contribution in [2.75, 3.05) is 0 Å². The summed E-state index contributed by atoms with van der Waals surface area (Å²) in [6.07, 6.45) is 4.73. The molecule has 1 aromatic carbocycles. The molecule has 1 fully saturated rings. The Bertz CT molecular complexity index is 531. The number of rotatable bonds is 3. The van der Waals surface area contributed by atoms with E-state index in [-0.39, 0.29) is 12.1 Å². The lowest BCUT2D eigenvalue weighted by Crippen LogP contribution is -2.25. The van der Waals surface area contributed by atoms with Gasteiger partial charge in [-0.2, -0.15) is 5.26 Å². The van der Waals surface area contributed by atoms with Crippen molar-refractivity contribution in [3.8, 4) is 6.07 Å². The van der Waals surface area contributed by atoms with Crippen LogP contribution in [0.5, 0.6) is 0 Å². The Morgan fingerprint density at radius 1 is 1.37 bits per heavy atom. The first kappa shape index (κ1) is 13.5. The molecule has 0 amide bonds. The van der Waals surface area contributed by atoms with E-state index in [9.17, 15) is 19.8 Å². The molecule has 0 spiro atoms. The average Bonchev–Trinajstić information content (AvgIpc) is 2.39. The van der Waals surface area contributed by atoms with E-state index in [1.807, 2.05) is 0 Å². The Kier molecular flexibility index (Phi) is 3.79. The summed E-state index contributed by atoms with van der Waals surface area (Å²) >= 11 is 0. The molecule has 0 radical (unpaired) electrons. The van der Waals surface area contributed by atoms with Crippen LogP contribution in [0.1, 0.15) is 37.7 Å². The largest absolute Gasteiger partial charge is 0.272 e. The number of benzene rings is 1. The van der Waals surface area contributed by atoms with Gasteiger partial charge in [0.25, 0.3) is 5.69 Å². The minimum atomic E-state index is -0.573. The monoisotopic (exact) mass is 262 g/mol. The van der Waals surface area contributed by atoms with Crippen molar-refractivity contribution < 1.29 is 9.31 Å². The average molecular weight is 262 g/mol. The third-order valence-electron chi connectivity index (χ3n) is 3.81. The molecular formula is C14H15FN2O2. The summed E-state index contributed by atoms with van der Waals surface area (Å²) in [7, 11) is 0. The predicted octanol–water partition coefficient (Wildman–Crippen LogP) is 3.75. The standard InChI is InChI=1S/C14H15FN2O2/c15-12-4-5-13(17(18)19)11(8-12)9-14(10-16)6-2-1-3-7-14/h4-5,8H,1-3,6-7,9H2. The lowest BCUT2D eigenvalue weighted by Gasteiger charge is -2.30. The molecule has 0 bridgehead atoms. The molecule has 2 rings (SSSR count). The third kappa shape index (κ3) is 2.90. The summed E-state index contributed by atoms with van der Waals surface area (Å²) in [6.45, 7) is 0. The molecule has 0 heterocycles. The van der Waals surface area contributed by atoms with E-state index in [0.29, 0.717) is 5.56 Å². The molecule has 5 heteroatoms. The maximum absolute atomic E-state index is 13.3. The van der Waals surface area contributed by atoms with E-state index in [4.69, 9.17) is 0 Å². The van der Waals surface area contributed by atoms with E-state index in [1.165, 1.54) is 12.1 Å². The first-order valence-electron chi connectivity index (χ1n) is 6.40. The molecule has 0 atom stereocenters. The van der Waals surface area contributed by atoms with Crippen LogP contribution in [0.3, 0.4) is 0 Å². The second-order valence-electron chi connectivity index (χ2n) is 5.16. The molecule has 0 N–H and O–H groups in total. The highest BCUT2D eigenvalue weighted by molar-refractivity contribution is 5.41. The van der Waals surface area contributed by atoms with Crippen LogP contribution < -0.4 is 0 Å². The number of hydrogen-bond acceptors (Lipinski definition) is 3. The number of hydrogen-bond donors (Lipinski definition) is 0. The molecular weight excluding hydrogens is 247 g/mol. The van der Waals surface area contributed by atoms with Crippen molar-refractivity contribution in [3.63, 3.8) is 0 Å². The number of nitro groups is 1. The highest BCUT2D eigenvalue weighted by Gasteiger charge is 2.34. The Morgan fingerprint density at radius 3 is 2.63 bits per heavy atom. The van der Waals surface area contributed by atoms with E-state index in [2.05, 4.69) is 6.07 Å². The molecule has 1 aliphatic carbocycles. The summed E-state index contributed by atoms with van der Waals surface area (Å²) in [5, 5.41) is 20.4. The molecule has 0 aromatic heterocycles. The molecule has 1 aromatic rings. The Balaban J connectivity index is 2.34. The SMILES string of the molecule is N#CC1(Cc2cc(F)ccc2[N+](=O)[O-])CCCCC1. The zero-order valence-corrected chi connectivity index (χ0v) is 10.6. The summed E-state index contributed by atoms with van der Waals surface area (Å²) in [6, 6.07) is 5.76. The molecule has 1 saturated carbocycles. The highest BCUT2D eigenvalue weighted by atomic mass is 19.1. The van der Waals surface area contributed by atoms with Crippen LogP contribution in [0.4, 0.5) is 10.1 Å². The maximum atomic E-state index is 13.3. The first-order chi connectivity index (χ1) is 9.06. The van der Waals surface area contributed by atoms with Gasteiger partial charge in [0.1, 0.15) is 5.82 Å². The summed E-state index contributed by atoms with van der Waals surface area (Å²) in [5.74, 6) is -0.496. The van der Waals surface area contributed by atoms with Crippen LogP contribution in [0.15, 0.2) is 18.2 Å². The van der Waals surface area contributed by atoms with Crippen LogP contribution in [-0.2, 0) is 6.42 Å². The molecule has 19 heavy (non-hydrogen) atoms. The highest BCUT2D eigenvalue weighted by Crippen LogP contribution is 2.40. The van der Waals surface area contributed by atoms with Gasteiger partial charge in [-0.05, 0) is 31.4 Å². The topological polar surface area (TPSA) is 66.9 Å². The van der Waals surface area contributed by atoms with Crippen LogP contribution in [-0.4, -0.2) is 4.92 Å². The van der Waals surface area contributed by atoms with Gasteiger partial charge < -0.3 is 0 Å². The molecule has 0 aliphatic heterocycles. The fourth-order valence-electron chi connectivity index (χ4n) is 2.80. The molecule has 0 saturated heterocycles. The minimum Gasteiger partial charge on any atom is -0.258 e. The lowest BCUT2D eigenvalue weighted by atomic mass is 9.71. The summed E-state index contributed by atoms with van der Waals surface area (Å²) in [4.78, 5) is 10.5. The Hall–Kier alpha value is -1.96. The molecule has 100 valence electrons. The quantitative estimate of drug-likeness (QED) is 0.615. The van der Waals surface area contributed by atoms with E-state index < -0.39 is 16.2 Å². The van der Waals surface area contributed by atoms with Gasteiger partial charge >= 0.3 is 0 Å². The van der Waals surface area contributed by atoms with E-state index in [0.717, 1.165) is 38.2 Å². The van der Waals surface area contributed by atoms with Gasteiger partial charge in [0.2, 0.25) is 0 Å². The smallest absolute Gasteiger partial charge is 0.258 e. The lowest BCUT2D eigenvalue weighted by molar-refractivity contribution is -0.385. The van der Waals surface area contributed by atoms with Gasteiger partial charge in [-0.15, -0.1) is 0 Å². The maximum Gasteiger partial charge on any atom is 0.272 e. The first-order valence-corrected chi connectivity index (χ1v) is 6.40. The van der Waals surface area contributed by atoms with Crippen molar-refractivity contribution >= 4 is 5.69 Å². The van der Waals surface area contributed by atoms with Crippen LogP contribution in [0.2, 0.25) is 0 Å². The fourth-order valence-corrected chi connectivity index (χ4v) is 2.80. The van der Waals surface area contributed by atoms with E-state index in [1.54, 1.807) is 0 Å². The van der Waals surface area contributed by atoms with Gasteiger partial charge in [0, 0.05) is 11.6 Å². The zero-order chi connectivity index (χ0) is 13.9. The second kappa shape index (κ2) is 5.35. The third-order valence-corrected chi connectivity index (χ3v) is 3.81. The number of halogens is 1. The van der Waals surface area contributed by atoms with Crippen molar-refractivity contribution in [1.82, 2.24) is 0 Å². The zero-order valence-electron chi connectivity index (χ0n) is 10.6. The van der Waals surface area contributed by atoms with Gasteiger partial charge in [0.15, 0.2) is 0 Å². The van der Waals surface area contributed by atoms with Crippen molar-refractivity contribution in [3.05, 3.63) is 39.7 Å². The fraction of sp³-hybridized carbons (Fsp3) is 0.500. The number of nitrogens with zero attached hydrogens (tertiary/aromatic N) is 2. The Morgan fingerprint density at radius 2 is 2.05 bits per heavy atom. The van der Waals surface area contributed by atoms with Crippen LogP contribution >= 0.6 is 0 Å². The number of nitro benzene ring substituents is 1. The summed E-state index contributed by atoms with van der Waals surface area (Å²) < 4.78 is 13.3. The number of nitriles is 1. The van der Waals surface area contributed by atoms with Gasteiger partial charge in [-0.1, -0.05) is 19.3 Å². The van der Waals surface area contributed by atoms with Crippen LogP contribution in [0.25, 0.3) is 0 Å².